The number of rotatable bonds is 4. The zero-order valence-electron chi connectivity index (χ0n) is 10.1. The molecule has 1 aromatic carbocycles. The van der Waals surface area contributed by atoms with Gasteiger partial charge in [0, 0.05) is 25.2 Å². The number of nitrogen functional groups attached to an aromatic ring is 1. The highest BCUT2D eigenvalue weighted by molar-refractivity contribution is 5.52. The Morgan fingerprint density at radius 3 is 2.61 bits per heavy atom. The summed E-state index contributed by atoms with van der Waals surface area (Å²) in [6.07, 6.45) is -3.94. The Balaban J connectivity index is 1.77. The zero-order valence-corrected chi connectivity index (χ0v) is 10.1. The summed E-state index contributed by atoms with van der Waals surface area (Å²) in [4.78, 5) is 2.15. The first-order chi connectivity index (χ1) is 8.46. The van der Waals surface area contributed by atoms with E-state index in [-0.39, 0.29) is 6.42 Å². The van der Waals surface area contributed by atoms with Crippen LogP contribution in [0.3, 0.4) is 0 Å². The lowest BCUT2D eigenvalue weighted by Gasteiger charge is -2.14. The third-order valence-corrected chi connectivity index (χ3v) is 3.27. The van der Waals surface area contributed by atoms with Gasteiger partial charge in [-0.3, -0.25) is 4.90 Å². The van der Waals surface area contributed by atoms with Crippen molar-refractivity contribution in [3.63, 3.8) is 0 Å². The molecular formula is C13H17F3N2. The predicted octanol–water partition coefficient (Wildman–Crippen LogP) is 3.32. The minimum Gasteiger partial charge on any atom is -0.398 e. The summed E-state index contributed by atoms with van der Waals surface area (Å²) in [7, 11) is 0. The van der Waals surface area contributed by atoms with Gasteiger partial charge in [-0.2, -0.15) is 13.2 Å². The van der Waals surface area contributed by atoms with E-state index in [1.165, 1.54) is 5.56 Å². The van der Waals surface area contributed by atoms with Gasteiger partial charge in [-0.1, -0.05) is 12.1 Å². The Morgan fingerprint density at radius 2 is 1.94 bits per heavy atom. The van der Waals surface area contributed by atoms with E-state index in [2.05, 4.69) is 4.90 Å². The van der Waals surface area contributed by atoms with Gasteiger partial charge in [0.15, 0.2) is 0 Å². The Labute approximate surface area is 105 Å². The Hall–Kier alpha value is -1.23. The van der Waals surface area contributed by atoms with Gasteiger partial charge in [0.25, 0.3) is 0 Å². The number of anilines is 1. The topological polar surface area (TPSA) is 29.3 Å². The largest absolute Gasteiger partial charge is 0.398 e. The normalized spacial score (nSPS) is 15.9. The van der Waals surface area contributed by atoms with Crippen LogP contribution in [0.1, 0.15) is 30.4 Å². The number of nitrogens with zero attached hydrogens (tertiary/aromatic N) is 1. The maximum atomic E-state index is 12.0. The number of unbranched alkanes of at least 4 members (excludes halogenated alkanes) is 1. The summed E-state index contributed by atoms with van der Waals surface area (Å²) >= 11 is 0. The molecule has 100 valence electrons. The summed E-state index contributed by atoms with van der Waals surface area (Å²) in [5.74, 6) is 0. The average Bonchev–Trinajstić information content (AvgIpc) is 2.68. The van der Waals surface area contributed by atoms with Crippen molar-refractivity contribution in [3.8, 4) is 0 Å². The molecule has 0 amide bonds. The van der Waals surface area contributed by atoms with Crippen molar-refractivity contribution in [3.05, 3.63) is 29.3 Å². The summed E-state index contributed by atoms with van der Waals surface area (Å²) in [5.41, 5.74) is 8.99. The molecule has 0 fully saturated rings. The maximum absolute atomic E-state index is 12.0. The van der Waals surface area contributed by atoms with Crippen LogP contribution in [0.25, 0.3) is 0 Å². The fraction of sp³-hybridized carbons (Fsp3) is 0.538. The Bertz CT molecular complexity index is 415. The zero-order chi connectivity index (χ0) is 13.2. The molecule has 1 aliphatic heterocycles. The van der Waals surface area contributed by atoms with E-state index in [1.807, 2.05) is 18.2 Å². The van der Waals surface area contributed by atoms with E-state index >= 15 is 0 Å². The molecule has 5 heteroatoms. The van der Waals surface area contributed by atoms with Crippen LogP contribution in [0.15, 0.2) is 18.2 Å². The quantitative estimate of drug-likeness (QED) is 0.663. The lowest BCUT2D eigenvalue weighted by Crippen LogP contribution is -2.18. The van der Waals surface area contributed by atoms with Gasteiger partial charge in [0.1, 0.15) is 0 Å². The lowest BCUT2D eigenvalue weighted by atomic mass is 10.1. The SMILES string of the molecule is Nc1cccc2c1CN(CCCCC(F)(F)F)C2. The third kappa shape index (κ3) is 3.38. The maximum Gasteiger partial charge on any atom is 0.389 e. The van der Waals surface area contributed by atoms with Crippen molar-refractivity contribution >= 4 is 5.69 Å². The first-order valence-electron chi connectivity index (χ1n) is 6.11. The van der Waals surface area contributed by atoms with E-state index in [4.69, 9.17) is 5.73 Å². The molecule has 0 saturated heterocycles. The van der Waals surface area contributed by atoms with Crippen LogP contribution in [0, 0.1) is 0 Å². The highest BCUT2D eigenvalue weighted by atomic mass is 19.4. The van der Waals surface area contributed by atoms with Crippen LogP contribution in [-0.4, -0.2) is 17.6 Å². The number of alkyl halides is 3. The monoisotopic (exact) mass is 258 g/mol. The van der Waals surface area contributed by atoms with Crippen LogP contribution in [0.2, 0.25) is 0 Å². The molecule has 2 rings (SSSR count). The van der Waals surface area contributed by atoms with Crippen LogP contribution < -0.4 is 5.73 Å². The average molecular weight is 258 g/mol. The standard InChI is InChI=1S/C13H17F3N2/c14-13(15,16)6-1-2-7-18-8-10-4-3-5-12(17)11(10)9-18/h3-5H,1-2,6-9,17H2. The van der Waals surface area contributed by atoms with Crippen molar-refractivity contribution in [2.75, 3.05) is 12.3 Å². The fourth-order valence-electron chi connectivity index (χ4n) is 2.33. The van der Waals surface area contributed by atoms with Crippen LogP contribution in [0.5, 0.6) is 0 Å². The molecule has 18 heavy (non-hydrogen) atoms. The van der Waals surface area contributed by atoms with Crippen molar-refractivity contribution in [1.82, 2.24) is 4.90 Å². The molecule has 0 aromatic heterocycles. The van der Waals surface area contributed by atoms with Crippen LogP contribution in [0.4, 0.5) is 18.9 Å². The molecule has 0 spiro atoms. The first-order valence-corrected chi connectivity index (χ1v) is 6.11. The Kier molecular flexibility index (Phi) is 3.80. The second-order valence-corrected chi connectivity index (χ2v) is 4.77. The number of hydrogen-bond donors (Lipinski definition) is 1. The first kappa shape index (κ1) is 13.2. The highest BCUT2D eigenvalue weighted by Crippen LogP contribution is 2.28. The fourth-order valence-corrected chi connectivity index (χ4v) is 2.33. The molecule has 1 heterocycles. The van der Waals surface area contributed by atoms with Crippen molar-refractivity contribution in [1.29, 1.82) is 0 Å². The number of halogens is 3. The smallest absolute Gasteiger partial charge is 0.389 e. The van der Waals surface area contributed by atoms with Crippen molar-refractivity contribution < 1.29 is 13.2 Å². The molecule has 2 N–H and O–H groups in total. The van der Waals surface area contributed by atoms with Gasteiger partial charge in [0.2, 0.25) is 0 Å². The molecular weight excluding hydrogens is 241 g/mol. The number of benzene rings is 1. The molecule has 1 aliphatic rings. The molecule has 0 radical (unpaired) electrons. The Morgan fingerprint density at radius 1 is 1.17 bits per heavy atom. The molecule has 0 saturated carbocycles. The van der Waals surface area contributed by atoms with Gasteiger partial charge in [0.05, 0.1) is 0 Å². The van der Waals surface area contributed by atoms with Crippen molar-refractivity contribution in [2.24, 2.45) is 0 Å². The summed E-state index contributed by atoms with van der Waals surface area (Å²) in [6, 6.07) is 5.81. The second kappa shape index (κ2) is 5.18. The van der Waals surface area contributed by atoms with E-state index in [1.54, 1.807) is 0 Å². The summed E-state index contributed by atoms with van der Waals surface area (Å²) < 4.78 is 36.0. The number of hydrogen-bond acceptors (Lipinski definition) is 2. The van der Waals surface area contributed by atoms with E-state index in [9.17, 15) is 13.2 Å². The second-order valence-electron chi connectivity index (χ2n) is 4.77. The summed E-state index contributed by atoms with van der Waals surface area (Å²) in [5, 5.41) is 0. The molecule has 2 nitrogen and oxygen atoms in total. The molecule has 0 atom stereocenters. The molecule has 0 unspecified atom stereocenters. The minimum atomic E-state index is -4.03. The van der Waals surface area contributed by atoms with Gasteiger partial charge in [-0.15, -0.1) is 0 Å². The number of fused-ring (bicyclic) bond motifs is 1. The highest BCUT2D eigenvalue weighted by Gasteiger charge is 2.26. The number of nitrogens with two attached hydrogens (primary N) is 1. The van der Waals surface area contributed by atoms with Crippen LogP contribution >= 0.6 is 0 Å². The van der Waals surface area contributed by atoms with E-state index < -0.39 is 12.6 Å². The minimum absolute atomic E-state index is 0.200. The van der Waals surface area contributed by atoms with Gasteiger partial charge >= 0.3 is 6.18 Å². The van der Waals surface area contributed by atoms with Gasteiger partial charge in [-0.05, 0) is 36.6 Å². The lowest BCUT2D eigenvalue weighted by molar-refractivity contribution is -0.135. The molecule has 1 aromatic rings. The van der Waals surface area contributed by atoms with Gasteiger partial charge < -0.3 is 5.73 Å². The summed E-state index contributed by atoms with van der Waals surface area (Å²) in [6.45, 7) is 2.25. The third-order valence-electron chi connectivity index (χ3n) is 3.27. The van der Waals surface area contributed by atoms with Crippen LogP contribution in [-0.2, 0) is 13.1 Å². The van der Waals surface area contributed by atoms with E-state index in [0.717, 1.165) is 24.3 Å². The van der Waals surface area contributed by atoms with Gasteiger partial charge in [-0.25, -0.2) is 0 Å². The molecule has 0 aliphatic carbocycles. The molecule has 0 bridgehead atoms. The van der Waals surface area contributed by atoms with E-state index in [0.29, 0.717) is 13.0 Å². The van der Waals surface area contributed by atoms with Crippen molar-refractivity contribution in [2.45, 2.75) is 38.5 Å². The predicted molar refractivity (Wildman–Crippen MR) is 64.9 cm³/mol.